The zero-order chi connectivity index (χ0) is 7.57. The van der Waals surface area contributed by atoms with Crippen molar-refractivity contribution in [2.24, 2.45) is 5.41 Å². The molecule has 0 aliphatic carbocycles. The minimum absolute atomic E-state index is 0.0938. The van der Waals surface area contributed by atoms with Crippen LogP contribution in [0.3, 0.4) is 0 Å². The normalized spacial score (nSPS) is 30.5. The molecule has 0 aromatic rings. The van der Waals surface area contributed by atoms with E-state index in [1.165, 1.54) is 13.6 Å². The van der Waals surface area contributed by atoms with Crippen LogP contribution in [0.15, 0.2) is 0 Å². The molecule has 4 nitrogen and oxygen atoms in total. The molecule has 0 saturated carbocycles. The molecule has 0 N–H and O–H groups in total. The molecule has 2 fully saturated rings. The molecule has 2 heterocycles. The van der Waals surface area contributed by atoms with Crippen molar-refractivity contribution in [3.05, 3.63) is 13.6 Å². The van der Waals surface area contributed by atoms with E-state index in [0.717, 1.165) is 0 Å². The lowest BCUT2D eigenvalue weighted by Crippen LogP contribution is -2.46. The summed E-state index contributed by atoms with van der Waals surface area (Å²) in [5, 5.41) is 0. The fourth-order valence-corrected chi connectivity index (χ4v) is 1.19. The van der Waals surface area contributed by atoms with E-state index in [1.54, 1.807) is 0 Å². The van der Waals surface area contributed by atoms with E-state index in [1.807, 2.05) is 0 Å². The predicted octanol–water partition coefficient (Wildman–Crippen LogP) is 0.305. The molecular formula is C7H10O4. The minimum Gasteiger partial charge on any atom is -0.347 e. The topological polar surface area (TPSA) is 36.9 Å². The van der Waals surface area contributed by atoms with E-state index in [0.29, 0.717) is 26.4 Å². The fourth-order valence-electron chi connectivity index (χ4n) is 1.19. The van der Waals surface area contributed by atoms with Gasteiger partial charge in [-0.3, -0.25) is 0 Å². The molecule has 11 heavy (non-hydrogen) atoms. The maximum absolute atomic E-state index is 5.04. The van der Waals surface area contributed by atoms with Gasteiger partial charge in [0.15, 0.2) is 0 Å². The molecule has 62 valence electrons. The van der Waals surface area contributed by atoms with E-state index in [-0.39, 0.29) is 5.41 Å². The van der Waals surface area contributed by atoms with Gasteiger partial charge in [-0.2, -0.15) is 0 Å². The molecule has 2 aliphatic rings. The molecule has 2 radical (unpaired) electrons. The lowest BCUT2D eigenvalue weighted by molar-refractivity contribution is -0.195. The highest BCUT2D eigenvalue weighted by molar-refractivity contribution is 4.83. The Hall–Kier alpha value is -0.160. The Morgan fingerprint density at radius 1 is 0.727 bits per heavy atom. The van der Waals surface area contributed by atoms with Crippen molar-refractivity contribution in [3.8, 4) is 0 Å². The van der Waals surface area contributed by atoms with Crippen molar-refractivity contribution >= 4 is 0 Å². The van der Waals surface area contributed by atoms with Gasteiger partial charge in [0, 0.05) is 0 Å². The van der Waals surface area contributed by atoms with Gasteiger partial charge in [0.25, 0.3) is 0 Å². The molecule has 0 atom stereocenters. The van der Waals surface area contributed by atoms with E-state index in [4.69, 9.17) is 18.9 Å². The zero-order valence-electron chi connectivity index (χ0n) is 6.12. The molecule has 0 amide bonds. The van der Waals surface area contributed by atoms with Gasteiger partial charge in [-0.05, 0) is 0 Å². The predicted molar refractivity (Wildman–Crippen MR) is 34.8 cm³/mol. The Morgan fingerprint density at radius 3 is 1.45 bits per heavy atom. The third-order valence-electron chi connectivity index (χ3n) is 1.83. The summed E-state index contributed by atoms with van der Waals surface area (Å²) in [6.45, 7) is 5.18. The molecule has 0 unspecified atom stereocenters. The zero-order valence-corrected chi connectivity index (χ0v) is 6.12. The summed E-state index contributed by atoms with van der Waals surface area (Å²) in [4.78, 5) is 0. The summed E-state index contributed by atoms with van der Waals surface area (Å²) in [6.07, 6.45) is 0. The first-order valence-corrected chi connectivity index (χ1v) is 3.51. The molecule has 0 bridgehead atoms. The van der Waals surface area contributed by atoms with E-state index in [9.17, 15) is 0 Å². The molecule has 2 aliphatic heterocycles. The highest BCUT2D eigenvalue weighted by atomic mass is 16.7. The Bertz CT molecular complexity index is 105. The molecule has 2 rings (SSSR count). The highest BCUT2D eigenvalue weighted by Gasteiger charge is 2.37. The molecular weight excluding hydrogens is 148 g/mol. The number of hydrogen-bond donors (Lipinski definition) is 0. The van der Waals surface area contributed by atoms with Crippen LogP contribution in [-0.2, 0) is 18.9 Å². The van der Waals surface area contributed by atoms with Crippen LogP contribution in [0.4, 0.5) is 0 Å². The van der Waals surface area contributed by atoms with Gasteiger partial charge in [0.1, 0.15) is 0 Å². The first-order chi connectivity index (χ1) is 5.41. The van der Waals surface area contributed by atoms with Crippen LogP contribution >= 0.6 is 0 Å². The SMILES string of the molecule is [CH]1OCC2(CO1)CO[CH]OC2. The fraction of sp³-hybridized carbons (Fsp3) is 0.714. The Balaban J connectivity index is 1.94. The minimum atomic E-state index is -0.0938. The van der Waals surface area contributed by atoms with Crippen LogP contribution in [-0.4, -0.2) is 26.4 Å². The van der Waals surface area contributed by atoms with Crippen molar-refractivity contribution in [3.63, 3.8) is 0 Å². The van der Waals surface area contributed by atoms with Gasteiger partial charge < -0.3 is 18.9 Å². The van der Waals surface area contributed by atoms with Crippen LogP contribution in [0.1, 0.15) is 0 Å². The van der Waals surface area contributed by atoms with Crippen LogP contribution in [0.2, 0.25) is 0 Å². The van der Waals surface area contributed by atoms with E-state index in [2.05, 4.69) is 0 Å². The smallest absolute Gasteiger partial charge is 0.209 e. The molecule has 1 spiro atoms. The van der Waals surface area contributed by atoms with Gasteiger partial charge in [0.2, 0.25) is 13.6 Å². The average Bonchev–Trinajstić information content (AvgIpc) is 2.07. The van der Waals surface area contributed by atoms with Crippen LogP contribution in [0, 0.1) is 19.0 Å². The average molecular weight is 158 g/mol. The first kappa shape index (κ1) is 7.49. The maximum atomic E-state index is 5.04. The van der Waals surface area contributed by atoms with Crippen molar-refractivity contribution < 1.29 is 18.9 Å². The highest BCUT2D eigenvalue weighted by Crippen LogP contribution is 2.27. The molecule has 4 heteroatoms. The Labute approximate surface area is 65.4 Å². The van der Waals surface area contributed by atoms with Crippen molar-refractivity contribution in [2.75, 3.05) is 26.4 Å². The maximum Gasteiger partial charge on any atom is 0.209 e. The molecule has 0 aromatic heterocycles. The Morgan fingerprint density at radius 2 is 1.09 bits per heavy atom. The Kier molecular flexibility index (Phi) is 2.09. The lowest BCUT2D eigenvalue weighted by Gasteiger charge is -2.37. The summed E-state index contributed by atoms with van der Waals surface area (Å²) in [5.74, 6) is 0. The van der Waals surface area contributed by atoms with Crippen molar-refractivity contribution in [1.82, 2.24) is 0 Å². The van der Waals surface area contributed by atoms with Gasteiger partial charge in [-0.1, -0.05) is 0 Å². The van der Waals surface area contributed by atoms with Gasteiger partial charge in [-0.25, -0.2) is 0 Å². The van der Waals surface area contributed by atoms with Crippen molar-refractivity contribution in [2.45, 2.75) is 0 Å². The van der Waals surface area contributed by atoms with Crippen LogP contribution in [0.25, 0.3) is 0 Å². The van der Waals surface area contributed by atoms with Gasteiger partial charge in [0.05, 0.1) is 31.8 Å². The quantitative estimate of drug-likeness (QED) is 0.508. The summed E-state index contributed by atoms with van der Waals surface area (Å²) in [6, 6.07) is 0. The van der Waals surface area contributed by atoms with Gasteiger partial charge in [-0.15, -0.1) is 0 Å². The second-order valence-electron chi connectivity index (χ2n) is 2.94. The van der Waals surface area contributed by atoms with Crippen molar-refractivity contribution in [1.29, 1.82) is 0 Å². The molecule has 2 saturated heterocycles. The third kappa shape index (κ3) is 1.54. The first-order valence-electron chi connectivity index (χ1n) is 3.51. The van der Waals surface area contributed by atoms with Crippen LogP contribution < -0.4 is 0 Å². The third-order valence-corrected chi connectivity index (χ3v) is 1.83. The van der Waals surface area contributed by atoms with Crippen LogP contribution in [0.5, 0.6) is 0 Å². The second kappa shape index (κ2) is 3.06. The monoisotopic (exact) mass is 158 g/mol. The number of hydrogen-bond acceptors (Lipinski definition) is 4. The van der Waals surface area contributed by atoms with E-state index < -0.39 is 0 Å². The number of rotatable bonds is 0. The number of ether oxygens (including phenoxy) is 4. The lowest BCUT2D eigenvalue weighted by atomic mass is 9.91. The summed E-state index contributed by atoms with van der Waals surface area (Å²) >= 11 is 0. The molecule has 0 aromatic carbocycles. The summed E-state index contributed by atoms with van der Waals surface area (Å²) in [7, 11) is 0. The largest absolute Gasteiger partial charge is 0.347 e. The van der Waals surface area contributed by atoms with Gasteiger partial charge >= 0.3 is 0 Å². The standard InChI is InChI=1S/C7H10O4/c1-7(2-9-5-8-1)3-10-6-11-4-7/h5-6H,1-4H2. The summed E-state index contributed by atoms with van der Waals surface area (Å²) < 4.78 is 20.2. The summed E-state index contributed by atoms with van der Waals surface area (Å²) in [5.41, 5.74) is -0.0938. The second-order valence-corrected chi connectivity index (χ2v) is 2.94. The van der Waals surface area contributed by atoms with E-state index >= 15 is 0 Å².